The van der Waals surface area contributed by atoms with Crippen LogP contribution in [-0.2, 0) is 0 Å². The molecule has 1 nitrogen and oxygen atoms in total. The second kappa shape index (κ2) is 4.11. The van der Waals surface area contributed by atoms with Gasteiger partial charge >= 0.3 is 0 Å². The van der Waals surface area contributed by atoms with E-state index in [0.717, 1.165) is 6.42 Å². The second-order valence-corrected chi connectivity index (χ2v) is 4.78. The molecule has 0 heterocycles. The van der Waals surface area contributed by atoms with Crippen LogP contribution < -0.4 is 5.73 Å². The first-order chi connectivity index (χ1) is 7.09. The third-order valence-electron chi connectivity index (χ3n) is 2.97. The van der Waals surface area contributed by atoms with Crippen LogP contribution in [0.5, 0.6) is 0 Å². The van der Waals surface area contributed by atoms with Gasteiger partial charge in [-0.15, -0.1) is 0 Å². The zero-order valence-electron chi connectivity index (χ0n) is 8.76. The molecule has 3 heteroatoms. The van der Waals surface area contributed by atoms with Crippen LogP contribution >= 0.6 is 11.6 Å². The predicted octanol–water partition coefficient (Wildman–Crippen LogP) is 3.59. The van der Waals surface area contributed by atoms with Crippen LogP contribution in [0, 0.1) is 18.7 Å². The Morgan fingerprint density at radius 2 is 2.20 bits per heavy atom. The highest BCUT2D eigenvalue weighted by atomic mass is 35.5. The Kier molecular flexibility index (Phi) is 2.98. The smallest absolute Gasteiger partial charge is 0.132 e. The van der Waals surface area contributed by atoms with Crippen molar-refractivity contribution in [3.05, 3.63) is 34.1 Å². The van der Waals surface area contributed by atoms with Crippen molar-refractivity contribution in [1.82, 2.24) is 0 Å². The number of nitrogens with two attached hydrogens (primary N) is 1. The van der Waals surface area contributed by atoms with E-state index in [1.807, 2.05) is 0 Å². The van der Waals surface area contributed by atoms with Crippen molar-refractivity contribution >= 4 is 11.6 Å². The first-order valence-electron chi connectivity index (χ1n) is 5.29. The maximum Gasteiger partial charge on any atom is 0.132 e. The van der Waals surface area contributed by atoms with Crippen LogP contribution in [0.4, 0.5) is 4.39 Å². The lowest BCUT2D eigenvalue weighted by atomic mass is 9.99. The van der Waals surface area contributed by atoms with Gasteiger partial charge in [-0.2, -0.15) is 0 Å². The summed E-state index contributed by atoms with van der Waals surface area (Å²) < 4.78 is 13.8. The fourth-order valence-corrected chi connectivity index (χ4v) is 2.13. The average Bonchev–Trinajstić information content (AvgIpc) is 2.96. The van der Waals surface area contributed by atoms with Crippen LogP contribution in [0.25, 0.3) is 0 Å². The lowest BCUT2D eigenvalue weighted by Gasteiger charge is -2.15. The lowest BCUT2D eigenvalue weighted by Crippen LogP contribution is -2.14. The number of benzene rings is 1. The summed E-state index contributed by atoms with van der Waals surface area (Å²) in [5, 5.41) is 0.450. The van der Waals surface area contributed by atoms with Crippen molar-refractivity contribution in [2.75, 3.05) is 0 Å². The topological polar surface area (TPSA) is 26.0 Å². The third-order valence-corrected chi connectivity index (χ3v) is 3.30. The van der Waals surface area contributed by atoms with Gasteiger partial charge in [0, 0.05) is 16.6 Å². The van der Waals surface area contributed by atoms with E-state index in [-0.39, 0.29) is 11.9 Å². The highest BCUT2D eigenvalue weighted by Crippen LogP contribution is 2.39. The van der Waals surface area contributed by atoms with Gasteiger partial charge in [0.05, 0.1) is 0 Å². The standard InChI is InChI=1S/C12H15ClFN/c1-7-2-5-9(13)11(12(7)14)10(15)6-8-3-4-8/h2,5,8,10H,3-4,6,15H2,1H3/t10-/m1/s1. The van der Waals surface area contributed by atoms with E-state index in [1.165, 1.54) is 12.8 Å². The summed E-state index contributed by atoms with van der Waals surface area (Å²) in [7, 11) is 0. The van der Waals surface area contributed by atoms with Gasteiger partial charge in [-0.1, -0.05) is 30.5 Å². The molecule has 0 aliphatic heterocycles. The quantitative estimate of drug-likeness (QED) is 0.839. The molecular formula is C12H15ClFN. The van der Waals surface area contributed by atoms with Crippen LogP contribution in [0.1, 0.15) is 36.4 Å². The van der Waals surface area contributed by atoms with Crippen molar-refractivity contribution in [3.63, 3.8) is 0 Å². The van der Waals surface area contributed by atoms with E-state index >= 15 is 0 Å². The van der Waals surface area contributed by atoms with Gasteiger partial charge in [0.1, 0.15) is 5.82 Å². The predicted molar refractivity (Wildman–Crippen MR) is 60.4 cm³/mol. The van der Waals surface area contributed by atoms with Gasteiger partial charge in [0.2, 0.25) is 0 Å². The number of hydrogen-bond acceptors (Lipinski definition) is 1. The Morgan fingerprint density at radius 3 is 2.80 bits per heavy atom. The Balaban J connectivity index is 2.27. The molecule has 1 saturated carbocycles. The normalized spacial score (nSPS) is 17.9. The number of hydrogen-bond donors (Lipinski definition) is 1. The monoisotopic (exact) mass is 227 g/mol. The summed E-state index contributed by atoms with van der Waals surface area (Å²) in [6.45, 7) is 1.74. The molecule has 0 amide bonds. The molecule has 1 aliphatic rings. The molecule has 15 heavy (non-hydrogen) atoms. The largest absolute Gasteiger partial charge is 0.324 e. The van der Waals surface area contributed by atoms with E-state index in [0.29, 0.717) is 22.1 Å². The van der Waals surface area contributed by atoms with Crippen LogP contribution in [-0.4, -0.2) is 0 Å². The van der Waals surface area contributed by atoms with Crippen molar-refractivity contribution < 1.29 is 4.39 Å². The molecule has 1 aliphatic carbocycles. The van der Waals surface area contributed by atoms with Gasteiger partial charge in [-0.3, -0.25) is 0 Å². The molecule has 0 unspecified atom stereocenters. The fourth-order valence-electron chi connectivity index (χ4n) is 1.85. The Bertz CT molecular complexity index is 374. The minimum Gasteiger partial charge on any atom is -0.324 e. The molecule has 1 aromatic carbocycles. The molecule has 82 valence electrons. The second-order valence-electron chi connectivity index (χ2n) is 4.38. The van der Waals surface area contributed by atoms with E-state index in [9.17, 15) is 4.39 Å². The van der Waals surface area contributed by atoms with Gasteiger partial charge in [-0.25, -0.2) is 4.39 Å². The summed E-state index contributed by atoms with van der Waals surface area (Å²) in [4.78, 5) is 0. The average molecular weight is 228 g/mol. The van der Waals surface area contributed by atoms with E-state index in [1.54, 1.807) is 19.1 Å². The minimum absolute atomic E-state index is 0.240. The van der Waals surface area contributed by atoms with Crippen molar-refractivity contribution in [3.8, 4) is 0 Å². The molecule has 0 radical (unpaired) electrons. The molecule has 0 spiro atoms. The van der Waals surface area contributed by atoms with E-state index in [4.69, 9.17) is 17.3 Å². The Labute approximate surface area is 94.4 Å². The molecule has 1 fully saturated rings. The summed E-state index contributed by atoms with van der Waals surface area (Å²) in [5.41, 5.74) is 7.08. The van der Waals surface area contributed by atoms with Crippen molar-refractivity contribution in [2.45, 2.75) is 32.2 Å². The molecule has 2 N–H and O–H groups in total. The van der Waals surface area contributed by atoms with Crippen molar-refractivity contribution in [2.24, 2.45) is 11.7 Å². The Hall–Kier alpha value is -0.600. The maximum atomic E-state index is 13.8. The molecule has 0 saturated heterocycles. The van der Waals surface area contributed by atoms with Crippen LogP contribution in [0.15, 0.2) is 12.1 Å². The number of halogens is 2. The SMILES string of the molecule is Cc1ccc(Cl)c([C@H](N)CC2CC2)c1F. The summed E-state index contributed by atoms with van der Waals surface area (Å²) in [6, 6.07) is 3.15. The van der Waals surface area contributed by atoms with Crippen LogP contribution in [0.3, 0.4) is 0 Å². The summed E-state index contributed by atoms with van der Waals surface area (Å²) in [5.74, 6) is 0.437. The van der Waals surface area contributed by atoms with Crippen molar-refractivity contribution in [1.29, 1.82) is 0 Å². The van der Waals surface area contributed by atoms with Gasteiger partial charge in [-0.05, 0) is 30.9 Å². The summed E-state index contributed by atoms with van der Waals surface area (Å²) >= 11 is 5.98. The Morgan fingerprint density at radius 1 is 1.53 bits per heavy atom. The molecule has 0 aromatic heterocycles. The van der Waals surface area contributed by atoms with Gasteiger partial charge < -0.3 is 5.73 Å². The first-order valence-corrected chi connectivity index (χ1v) is 5.67. The molecule has 0 bridgehead atoms. The fraction of sp³-hybridized carbons (Fsp3) is 0.500. The zero-order chi connectivity index (χ0) is 11.0. The van der Waals surface area contributed by atoms with Gasteiger partial charge in [0.25, 0.3) is 0 Å². The summed E-state index contributed by atoms with van der Waals surface area (Å²) in [6.07, 6.45) is 3.29. The third kappa shape index (κ3) is 2.32. The molecule has 1 aromatic rings. The van der Waals surface area contributed by atoms with E-state index in [2.05, 4.69) is 0 Å². The number of rotatable bonds is 3. The minimum atomic E-state index is -0.259. The maximum absolute atomic E-state index is 13.8. The lowest BCUT2D eigenvalue weighted by molar-refractivity contribution is 0.538. The van der Waals surface area contributed by atoms with Crippen LogP contribution in [0.2, 0.25) is 5.02 Å². The first kappa shape index (κ1) is 10.9. The molecule has 2 rings (SSSR count). The zero-order valence-corrected chi connectivity index (χ0v) is 9.52. The molecule has 1 atom stereocenters. The molecular weight excluding hydrogens is 213 g/mol. The number of aryl methyl sites for hydroxylation is 1. The van der Waals surface area contributed by atoms with E-state index < -0.39 is 0 Å². The highest BCUT2D eigenvalue weighted by molar-refractivity contribution is 6.31. The highest BCUT2D eigenvalue weighted by Gasteiger charge is 2.27. The van der Waals surface area contributed by atoms with Gasteiger partial charge in [0.15, 0.2) is 0 Å².